The number of rotatable bonds is 7. The lowest BCUT2D eigenvalue weighted by atomic mass is 10.1. The van der Waals surface area contributed by atoms with Gasteiger partial charge in [-0.05, 0) is 68.0 Å². The number of carbonyl (C=O) groups is 1. The Morgan fingerprint density at radius 1 is 1.03 bits per heavy atom. The predicted octanol–water partition coefficient (Wildman–Crippen LogP) is 3.04. The van der Waals surface area contributed by atoms with Gasteiger partial charge in [-0.25, -0.2) is 13.2 Å². The third-order valence-corrected chi connectivity index (χ3v) is 6.97. The number of amides is 1. The minimum Gasteiger partial charge on any atom is -0.321 e. The molecular formula is C25H24F3N3O2S. The van der Waals surface area contributed by atoms with E-state index in [1.165, 1.54) is 34.9 Å². The monoisotopic (exact) mass is 487 g/mol. The van der Waals surface area contributed by atoms with E-state index in [4.69, 9.17) is 0 Å². The van der Waals surface area contributed by atoms with Gasteiger partial charge >= 0.3 is 0 Å². The summed E-state index contributed by atoms with van der Waals surface area (Å²) in [5.74, 6) is -2.90. The Bertz CT molecular complexity index is 1420. The summed E-state index contributed by atoms with van der Waals surface area (Å²) < 4.78 is 43.2. The number of hydrogen-bond donors (Lipinski definition) is 1. The first-order valence-corrected chi connectivity index (χ1v) is 11.9. The van der Waals surface area contributed by atoms with Crippen molar-refractivity contribution in [2.24, 2.45) is 0 Å². The SMILES string of the molecule is CCN(CC)CCCn1c(=O)/c(=C\c2ccc(F)c(F)c2)s/c1=C1/C(=O)Nc2ccc(F)cc21. The highest BCUT2D eigenvalue weighted by atomic mass is 32.1. The van der Waals surface area contributed by atoms with Crippen LogP contribution in [0.15, 0.2) is 41.2 Å². The van der Waals surface area contributed by atoms with Gasteiger partial charge in [-0.15, -0.1) is 11.3 Å². The van der Waals surface area contributed by atoms with E-state index in [1.807, 2.05) is 0 Å². The Morgan fingerprint density at radius 2 is 1.79 bits per heavy atom. The predicted molar refractivity (Wildman–Crippen MR) is 128 cm³/mol. The molecule has 0 fully saturated rings. The van der Waals surface area contributed by atoms with Crippen LogP contribution in [-0.2, 0) is 11.3 Å². The van der Waals surface area contributed by atoms with Gasteiger partial charge in [-0.2, -0.15) is 0 Å². The molecule has 0 saturated carbocycles. The first-order valence-electron chi connectivity index (χ1n) is 11.1. The van der Waals surface area contributed by atoms with Crippen molar-refractivity contribution < 1.29 is 18.0 Å². The molecule has 0 unspecified atom stereocenters. The van der Waals surface area contributed by atoms with Gasteiger partial charge in [0.25, 0.3) is 11.5 Å². The van der Waals surface area contributed by atoms with E-state index in [0.29, 0.717) is 34.4 Å². The van der Waals surface area contributed by atoms with Crippen LogP contribution in [0.3, 0.4) is 0 Å². The molecule has 0 bridgehead atoms. The number of aromatic nitrogens is 1. The second kappa shape index (κ2) is 9.99. The van der Waals surface area contributed by atoms with E-state index in [2.05, 4.69) is 24.1 Å². The number of hydrogen-bond acceptors (Lipinski definition) is 4. The lowest BCUT2D eigenvalue weighted by Gasteiger charge is -2.17. The molecule has 1 aliphatic rings. The van der Waals surface area contributed by atoms with Gasteiger partial charge in [0.1, 0.15) is 10.5 Å². The molecule has 34 heavy (non-hydrogen) atoms. The summed E-state index contributed by atoms with van der Waals surface area (Å²) in [5.41, 5.74) is 1.08. The van der Waals surface area contributed by atoms with Crippen molar-refractivity contribution in [3.05, 3.63) is 84.5 Å². The van der Waals surface area contributed by atoms with Crippen LogP contribution in [0, 0.1) is 17.5 Å². The van der Waals surface area contributed by atoms with Crippen molar-refractivity contribution in [3.63, 3.8) is 0 Å². The molecular weight excluding hydrogens is 463 g/mol. The maximum Gasteiger partial charge on any atom is 0.269 e. The highest BCUT2D eigenvalue weighted by Crippen LogP contribution is 2.30. The molecule has 1 aliphatic heterocycles. The minimum absolute atomic E-state index is 0.226. The lowest BCUT2D eigenvalue weighted by molar-refractivity contribution is -0.110. The largest absolute Gasteiger partial charge is 0.321 e. The van der Waals surface area contributed by atoms with E-state index in [0.717, 1.165) is 43.1 Å². The number of fused-ring (bicyclic) bond motifs is 1. The number of thiazole rings is 1. The van der Waals surface area contributed by atoms with E-state index >= 15 is 0 Å². The fraction of sp³-hybridized carbons (Fsp3) is 0.280. The van der Waals surface area contributed by atoms with Crippen LogP contribution in [0.1, 0.15) is 31.4 Å². The normalized spacial score (nSPS) is 15.2. The highest BCUT2D eigenvalue weighted by Gasteiger charge is 2.27. The van der Waals surface area contributed by atoms with Crippen LogP contribution in [0.5, 0.6) is 0 Å². The Labute approximate surface area is 198 Å². The Morgan fingerprint density at radius 3 is 2.50 bits per heavy atom. The molecule has 0 aliphatic carbocycles. The quantitative estimate of drug-likeness (QED) is 0.558. The molecule has 1 amide bonds. The van der Waals surface area contributed by atoms with Crippen LogP contribution in [0.25, 0.3) is 11.6 Å². The van der Waals surface area contributed by atoms with Crippen LogP contribution < -0.4 is 20.1 Å². The summed E-state index contributed by atoms with van der Waals surface area (Å²) in [6.45, 7) is 7.00. The van der Waals surface area contributed by atoms with Crippen molar-refractivity contribution in [2.75, 3.05) is 25.0 Å². The Hall–Kier alpha value is -3.17. The molecule has 1 N–H and O–H groups in total. The van der Waals surface area contributed by atoms with Crippen molar-refractivity contribution in [3.8, 4) is 0 Å². The van der Waals surface area contributed by atoms with Crippen molar-refractivity contribution in [1.82, 2.24) is 9.47 Å². The molecule has 2 aromatic carbocycles. The van der Waals surface area contributed by atoms with Crippen LogP contribution in [0.4, 0.5) is 18.9 Å². The maximum absolute atomic E-state index is 14.0. The van der Waals surface area contributed by atoms with Gasteiger partial charge in [0.15, 0.2) is 11.6 Å². The van der Waals surface area contributed by atoms with Crippen LogP contribution in [0.2, 0.25) is 0 Å². The second-order valence-corrected chi connectivity index (χ2v) is 8.98. The molecule has 0 spiro atoms. The summed E-state index contributed by atoms with van der Waals surface area (Å²) in [6.07, 6.45) is 2.14. The summed E-state index contributed by atoms with van der Waals surface area (Å²) in [6, 6.07) is 7.40. The molecule has 0 saturated heterocycles. The topological polar surface area (TPSA) is 54.3 Å². The maximum atomic E-state index is 14.0. The smallest absolute Gasteiger partial charge is 0.269 e. The van der Waals surface area contributed by atoms with E-state index < -0.39 is 23.4 Å². The summed E-state index contributed by atoms with van der Waals surface area (Å²) >= 11 is 1.08. The van der Waals surface area contributed by atoms with E-state index in [9.17, 15) is 22.8 Å². The zero-order valence-corrected chi connectivity index (χ0v) is 19.6. The van der Waals surface area contributed by atoms with Gasteiger partial charge in [0.2, 0.25) is 0 Å². The molecule has 178 valence electrons. The number of anilines is 1. The minimum atomic E-state index is -1.01. The third-order valence-electron chi connectivity index (χ3n) is 5.84. The van der Waals surface area contributed by atoms with Crippen molar-refractivity contribution in [2.45, 2.75) is 26.8 Å². The standard InChI is InChI=1S/C25H24F3N3O2S/c1-3-30(4-2)10-5-11-31-24(33)21(13-15-6-8-18(27)19(28)12-15)34-25(31)22-17-14-16(26)7-9-20(17)29-23(22)32/h6-9,12-14H,3-5,10-11H2,1-2H3,(H,29,32)/b21-13+,25-22+. The number of nitrogens with one attached hydrogen (secondary N) is 1. The van der Waals surface area contributed by atoms with Gasteiger partial charge < -0.3 is 10.2 Å². The number of carbonyl (C=O) groups excluding carboxylic acids is 1. The number of halogens is 3. The fourth-order valence-corrected chi connectivity index (χ4v) is 5.20. The third kappa shape index (κ3) is 4.71. The summed E-state index contributed by atoms with van der Waals surface area (Å²) in [5, 5.41) is 2.72. The van der Waals surface area contributed by atoms with Crippen LogP contribution in [-0.4, -0.2) is 35.0 Å². The molecule has 0 atom stereocenters. The summed E-state index contributed by atoms with van der Waals surface area (Å²) in [4.78, 5) is 28.4. The van der Waals surface area contributed by atoms with Crippen LogP contribution >= 0.6 is 11.3 Å². The zero-order chi connectivity index (χ0) is 24.4. The number of nitrogens with zero attached hydrogens (tertiary/aromatic N) is 2. The van der Waals surface area contributed by atoms with E-state index in [1.54, 1.807) is 0 Å². The highest BCUT2D eigenvalue weighted by molar-refractivity contribution is 7.07. The van der Waals surface area contributed by atoms with Gasteiger partial charge in [0, 0.05) is 17.8 Å². The van der Waals surface area contributed by atoms with Gasteiger partial charge in [-0.1, -0.05) is 19.9 Å². The Balaban J connectivity index is 1.90. The molecule has 5 nitrogen and oxygen atoms in total. The van der Waals surface area contributed by atoms with Gasteiger partial charge in [0.05, 0.1) is 10.1 Å². The number of benzene rings is 2. The first-order chi connectivity index (χ1) is 16.3. The molecule has 1 aromatic heterocycles. The molecule has 2 heterocycles. The lowest BCUT2D eigenvalue weighted by Crippen LogP contribution is -2.34. The van der Waals surface area contributed by atoms with Gasteiger partial charge in [-0.3, -0.25) is 14.2 Å². The molecule has 4 rings (SSSR count). The second-order valence-electron chi connectivity index (χ2n) is 7.95. The molecule has 3 aromatic rings. The zero-order valence-electron chi connectivity index (χ0n) is 18.8. The van der Waals surface area contributed by atoms with Crippen molar-refractivity contribution >= 4 is 34.6 Å². The fourth-order valence-electron chi connectivity index (χ4n) is 4.01. The summed E-state index contributed by atoms with van der Waals surface area (Å²) in [7, 11) is 0. The first kappa shape index (κ1) is 24.0. The molecule has 0 radical (unpaired) electrons. The van der Waals surface area contributed by atoms with Crippen molar-refractivity contribution in [1.29, 1.82) is 0 Å². The van der Waals surface area contributed by atoms with E-state index in [-0.39, 0.29) is 15.7 Å². The average molecular weight is 488 g/mol. The Kier molecular flexibility index (Phi) is 7.04. The molecule has 9 heteroatoms. The average Bonchev–Trinajstić information content (AvgIpc) is 3.29.